The van der Waals surface area contributed by atoms with Gasteiger partial charge in [-0.15, -0.1) is 0 Å². The monoisotopic (exact) mass is 316 g/mol. The fraction of sp³-hybridized carbons (Fsp3) is 0.706. The summed E-state index contributed by atoms with van der Waals surface area (Å²) in [5, 5.41) is 3.56. The highest BCUT2D eigenvalue weighted by molar-refractivity contribution is 5.79. The molecule has 1 saturated heterocycles. The molecule has 0 aromatic carbocycles. The molecule has 1 aliphatic carbocycles. The van der Waals surface area contributed by atoms with E-state index < -0.39 is 0 Å². The Morgan fingerprint density at radius 1 is 1.22 bits per heavy atom. The molecule has 23 heavy (non-hydrogen) atoms. The normalized spacial score (nSPS) is 24.7. The summed E-state index contributed by atoms with van der Waals surface area (Å²) in [6, 6.07) is 0.561. The zero-order chi connectivity index (χ0) is 15.6. The van der Waals surface area contributed by atoms with Gasteiger partial charge in [0, 0.05) is 37.7 Å². The number of amides is 1. The van der Waals surface area contributed by atoms with Gasteiger partial charge in [-0.1, -0.05) is 0 Å². The van der Waals surface area contributed by atoms with Crippen molar-refractivity contribution >= 4 is 11.7 Å². The van der Waals surface area contributed by atoms with Crippen molar-refractivity contribution in [3.05, 3.63) is 17.6 Å². The Morgan fingerprint density at radius 2 is 2.09 bits per heavy atom. The molecular weight excluding hydrogens is 292 g/mol. The van der Waals surface area contributed by atoms with E-state index in [1.807, 2.05) is 4.90 Å². The van der Waals surface area contributed by atoms with Crippen LogP contribution in [0.4, 0.5) is 5.82 Å². The van der Waals surface area contributed by atoms with Crippen LogP contribution in [0.1, 0.15) is 36.9 Å². The fourth-order valence-corrected chi connectivity index (χ4v) is 3.60. The molecule has 1 aromatic rings. The molecule has 2 fully saturated rings. The van der Waals surface area contributed by atoms with E-state index in [9.17, 15) is 4.79 Å². The molecule has 1 N–H and O–H groups in total. The SMILES string of the molecule is O=C([C@H]1CCOC1)N1CCc2ncnc(NC3CCC3)c2CC1. The van der Waals surface area contributed by atoms with Gasteiger partial charge in [0.2, 0.25) is 5.91 Å². The summed E-state index contributed by atoms with van der Waals surface area (Å²) < 4.78 is 5.36. The summed E-state index contributed by atoms with van der Waals surface area (Å²) in [6.07, 6.45) is 7.92. The molecule has 2 aliphatic heterocycles. The molecule has 124 valence electrons. The third-order valence-corrected chi connectivity index (χ3v) is 5.32. The smallest absolute Gasteiger partial charge is 0.228 e. The fourth-order valence-electron chi connectivity index (χ4n) is 3.60. The summed E-state index contributed by atoms with van der Waals surface area (Å²) in [5.41, 5.74) is 2.30. The van der Waals surface area contributed by atoms with Crippen molar-refractivity contribution in [2.75, 3.05) is 31.6 Å². The number of nitrogens with zero attached hydrogens (tertiary/aromatic N) is 3. The largest absolute Gasteiger partial charge is 0.381 e. The Kier molecular flexibility index (Phi) is 4.16. The number of carbonyl (C=O) groups excluding carboxylic acids is 1. The van der Waals surface area contributed by atoms with E-state index in [4.69, 9.17) is 4.74 Å². The molecule has 0 unspecified atom stereocenters. The Bertz CT molecular complexity index is 582. The second kappa shape index (κ2) is 6.43. The molecule has 1 saturated carbocycles. The first-order valence-electron chi connectivity index (χ1n) is 8.77. The number of fused-ring (bicyclic) bond motifs is 1. The van der Waals surface area contributed by atoms with E-state index in [0.717, 1.165) is 43.9 Å². The van der Waals surface area contributed by atoms with Crippen LogP contribution in [0.25, 0.3) is 0 Å². The highest BCUT2D eigenvalue weighted by atomic mass is 16.5. The molecule has 4 rings (SSSR count). The molecule has 0 spiro atoms. The molecule has 0 bridgehead atoms. The van der Waals surface area contributed by atoms with Crippen LogP contribution < -0.4 is 5.32 Å². The number of rotatable bonds is 3. The van der Waals surface area contributed by atoms with Crippen molar-refractivity contribution in [3.63, 3.8) is 0 Å². The third kappa shape index (κ3) is 3.04. The number of aromatic nitrogens is 2. The number of anilines is 1. The van der Waals surface area contributed by atoms with Crippen molar-refractivity contribution in [1.29, 1.82) is 0 Å². The summed E-state index contributed by atoms with van der Waals surface area (Å²) in [7, 11) is 0. The highest BCUT2D eigenvalue weighted by Crippen LogP contribution is 2.27. The minimum absolute atomic E-state index is 0.0508. The van der Waals surface area contributed by atoms with Gasteiger partial charge in [-0.2, -0.15) is 0 Å². The van der Waals surface area contributed by atoms with Crippen LogP contribution in [0.15, 0.2) is 6.33 Å². The lowest BCUT2D eigenvalue weighted by Gasteiger charge is -2.28. The Hall–Kier alpha value is -1.69. The number of hydrogen-bond acceptors (Lipinski definition) is 5. The van der Waals surface area contributed by atoms with Gasteiger partial charge >= 0.3 is 0 Å². The Labute approximate surface area is 136 Å². The van der Waals surface area contributed by atoms with Gasteiger partial charge in [-0.3, -0.25) is 4.79 Å². The summed E-state index contributed by atoms with van der Waals surface area (Å²) in [4.78, 5) is 23.5. The zero-order valence-electron chi connectivity index (χ0n) is 13.5. The van der Waals surface area contributed by atoms with E-state index in [-0.39, 0.29) is 11.8 Å². The average molecular weight is 316 g/mol. The van der Waals surface area contributed by atoms with E-state index in [1.54, 1.807) is 6.33 Å². The summed E-state index contributed by atoms with van der Waals surface area (Å²) in [5.74, 6) is 1.28. The van der Waals surface area contributed by atoms with Crippen molar-refractivity contribution in [3.8, 4) is 0 Å². The zero-order valence-corrected chi connectivity index (χ0v) is 13.5. The first kappa shape index (κ1) is 14.9. The van der Waals surface area contributed by atoms with Crippen LogP contribution in [-0.4, -0.2) is 53.1 Å². The van der Waals surface area contributed by atoms with Crippen molar-refractivity contribution < 1.29 is 9.53 Å². The van der Waals surface area contributed by atoms with Crippen LogP contribution in [0.3, 0.4) is 0 Å². The van der Waals surface area contributed by atoms with E-state index in [1.165, 1.54) is 24.8 Å². The first-order chi connectivity index (χ1) is 11.3. The van der Waals surface area contributed by atoms with Crippen molar-refractivity contribution in [2.45, 2.75) is 44.6 Å². The lowest BCUT2D eigenvalue weighted by molar-refractivity contribution is -0.135. The number of carbonyl (C=O) groups is 1. The summed E-state index contributed by atoms with van der Waals surface area (Å²) in [6.45, 7) is 2.80. The second-order valence-electron chi connectivity index (χ2n) is 6.81. The minimum atomic E-state index is 0.0508. The molecule has 6 heteroatoms. The quantitative estimate of drug-likeness (QED) is 0.913. The number of hydrogen-bond donors (Lipinski definition) is 1. The van der Waals surface area contributed by atoms with Gasteiger partial charge in [0.15, 0.2) is 0 Å². The van der Waals surface area contributed by atoms with Crippen LogP contribution in [0.2, 0.25) is 0 Å². The standard InChI is InChI=1S/C17H24N4O2/c22-17(12-6-9-23-10-12)21-7-4-14-15(5-8-21)18-11-19-16(14)20-13-2-1-3-13/h11-13H,1-10H2,(H,18,19,20)/t12-/m0/s1. The van der Waals surface area contributed by atoms with E-state index in [0.29, 0.717) is 19.3 Å². The molecule has 1 atom stereocenters. The predicted molar refractivity (Wildman–Crippen MR) is 86.2 cm³/mol. The Morgan fingerprint density at radius 3 is 2.83 bits per heavy atom. The van der Waals surface area contributed by atoms with Crippen LogP contribution in [-0.2, 0) is 22.4 Å². The van der Waals surface area contributed by atoms with Gasteiger partial charge in [0.1, 0.15) is 12.1 Å². The van der Waals surface area contributed by atoms with Crippen LogP contribution in [0, 0.1) is 5.92 Å². The molecule has 1 aromatic heterocycles. The predicted octanol–water partition coefficient (Wildman–Crippen LogP) is 1.40. The average Bonchev–Trinajstić information content (AvgIpc) is 2.97. The summed E-state index contributed by atoms with van der Waals surface area (Å²) >= 11 is 0. The first-order valence-corrected chi connectivity index (χ1v) is 8.77. The lowest BCUT2D eigenvalue weighted by Crippen LogP contribution is -2.38. The van der Waals surface area contributed by atoms with Gasteiger partial charge in [0.05, 0.1) is 18.2 Å². The molecule has 3 aliphatic rings. The molecule has 1 amide bonds. The molecular formula is C17H24N4O2. The highest BCUT2D eigenvalue weighted by Gasteiger charge is 2.30. The maximum absolute atomic E-state index is 12.6. The van der Waals surface area contributed by atoms with Crippen molar-refractivity contribution in [1.82, 2.24) is 14.9 Å². The van der Waals surface area contributed by atoms with Gasteiger partial charge in [0.25, 0.3) is 0 Å². The van der Waals surface area contributed by atoms with E-state index >= 15 is 0 Å². The lowest BCUT2D eigenvalue weighted by atomic mass is 9.93. The van der Waals surface area contributed by atoms with Crippen LogP contribution >= 0.6 is 0 Å². The third-order valence-electron chi connectivity index (χ3n) is 5.32. The maximum atomic E-state index is 12.6. The van der Waals surface area contributed by atoms with Gasteiger partial charge in [-0.05, 0) is 32.1 Å². The number of ether oxygens (including phenoxy) is 1. The van der Waals surface area contributed by atoms with Crippen molar-refractivity contribution in [2.24, 2.45) is 5.92 Å². The van der Waals surface area contributed by atoms with Gasteiger partial charge < -0.3 is 15.0 Å². The minimum Gasteiger partial charge on any atom is -0.381 e. The molecule has 6 nitrogen and oxygen atoms in total. The topological polar surface area (TPSA) is 67.3 Å². The second-order valence-corrected chi connectivity index (χ2v) is 6.81. The number of nitrogens with one attached hydrogen (secondary N) is 1. The molecule has 0 radical (unpaired) electrons. The van der Waals surface area contributed by atoms with Gasteiger partial charge in [-0.25, -0.2) is 9.97 Å². The van der Waals surface area contributed by atoms with Crippen LogP contribution in [0.5, 0.6) is 0 Å². The maximum Gasteiger partial charge on any atom is 0.228 e. The Balaban J connectivity index is 1.47. The van der Waals surface area contributed by atoms with E-state index in [2.05, 4.69) is 15.3 Å². The molecule has 3 heterocycles.